The number of nitrogens with zero attached hydrogens (tertiary/aromatic N) is 2. The van der Waals surface area contributed by atoms with Crippen molar-refractivity contribution in [3.8, 4) is 11.1 Å². The molecule has 6 nitrogen and oxygen atoms in total. The molecule has 2 fully saturated rings. The number of rotatable bonds is 3. The first kappa shape index (κ1) is 18.2. The van der Waals surface area contributed by atoms with Crippen molar-refractivity contribution in [3.63, 3.8) is 0 Å². The Bertz CT molecular complexity index is 887. The molecule has 0 saturated carbocycles. The van der Waals surface area contributed by atoms with Crippen LogP contribution in [0.2, 0.25) is 0 Å². The van der Waals surface area contributed by atoms with Gasteiger partial charge in [0.15, 0.2) is 0 Å². The van der Waals surface area contributed by atoms with Gasteiger partial charge < -0.3 is 15.1 Å². The first-order valence-electron chi connectivity index (χ1n) is 9.64. The quantitative estimate of drug-likeness (QED) is 0.890. The van der Waals surface area contributed by atoms with Crippen LogP contribution in [0.1, 0.15) is 12.8 Å². The molecule has 2 aliphatic heterocycles. The Kier molecular flexibility index (Phi) is 5.10. The van der Waals surface area contributed by atoms with E-state index < -0.39 is 0 Å². The summed E-state index contributed by atoms with van der Waals surface area (Å²) in [7, 11) is 0. The maximum atomic E-state index is 12.9. The second-order valence-electron chi connectivity index (χ2n) is 7.23. The zero-order valence-electron chi connectivity index (χ0n) is 15.6. The van der Waals surface area contributed by atoms with Crippen LogP contribution in [-0.4, -0.2) is 48.8 Å². The molecule has 6 heteroatoms. The highest BCUT2D eigenvalue weighted by molar-refractivity contribution is 6.01. The number of anilines is 1. The summed E-state index contributed by atoms with van der Waals surface area (Å²) < 4.78 is 0. The van der Waals surface area contributed by atoms with Crippen LogP contribution in [-0.2, 0) is 14.4 Å². The predicted molar refractivity (Wildman–Crippen MR) is 107 cm³/mol. The Morgan fingerprint density at radius 3 is 2.43 bits per heavy atom. The van der Waals surface area contributed by atoms with E-state index in [9.17, 15) is 14.4 Å². The molecular weight excluding hydrogens is 354 g/mol. The lowest BCUT2D eigenvalue weighted by Crippen LogP contribution is -2.55. The van der Waals surface area contributed by atoms with Gasteiger partial charge in [0, 0.05) is 31.6 Å². The summed E-state index contributed by atoms with van der Waals surface area (Å²) in [6.45, 7) is 1.40. The van der Waals surface area contributed by atoms with E-state index in [4.69, 9.17) is 0 Å². The van der Waals surface area contributed by atoms with Crippen molar-refractivity contribution >= 4 is 23.4 Å². The van der Waals surface area contributed by atoms with E-state index >= 15 is 0 Å². The van der Waals surface area contributed by atoms with Gasteiger partial charge in [-0.05, 0) is 18.1 Å². The minimum Gasteiger partial charge on any atom is -0.355 e. The van der Waals surface area contributed by atoms with Gasteiger partial charge in [-0.15, -0.1) is 0 Å². The molecule has 2 aromatic carbocycles. The SMILES string of the molecule is O=C1CCC(C(=O)N2CCN(c3ccccc3-c3ccccc3)C(=O)C2)CN1. The van der Waals surface area contributed by atoms with Gasteiger partial charge in [0.2, 0.25) is 17.7 Å². The second kappa shape index (κ2) is 7.84. The second-order valence-corrected chi connectivity index (χ2v) is 7.23. The fourth-order valence-electron chi connectivity index (χ4n) is 3.89. The van der Waals surface area contributed by atoms with Gasteiger partial charge in [-0.1, -0.05) is 48.5 Å². The molecule has 1 atom stereocenters. The average molecular weight is 377 g/mol. The molecule has 3 amide bonds. The Balaban J connectivity index is 1.49. The van der Waals surface area contributed by atoms with E-state index in [1.807, 2.05) is 54.6 Å². The molecule has 144 valence electrons. The van der Waals surface area contributed by atoms with Crippen molar-refractivity contribution in [2.45, 2.75) is 12.8 Å². The molecule has 2 saturated heterocycles. The van der Waals surface area contributed by atoms with Crippen LogP contribution in [0.5, 0.6) is 0 Å². The highest BCUT2D eigenvalue weighted by Crippen LogP contribution is 2.31. The first-order valence-corrected chi connectivity index (χ1v) is 9.64. The van der Waals surface area contributed by atoms with Gasteiger partial charge in [-0.3, -0.25) is 14.4 Å². The van der Waals surface area contributed by atoms with Crippen molar-refractivity contribution in [2.24, 2.45) is 5.92 Å². The third-order valence-corrected chi connectivity index (χ3v) is 5.43. The molecule has 2 aliphatic rings. The van der Waals surface area contributed by atoms with E-state index in [-0.39, 0.29) is 30.2 Å². The molecule has 4 rings (SSSR count). The molecule has 1 unspecified atom stereocenters. The predicted octanol–water partition coefficient (Wildman–Crippen LogP) is 2.06. The van der Waals surface area contributed by atoms with Gasteiger partial charge >= 0.3 is 0 Å². The third kappa shape index (κ3) is 3.63. The van der Waals surface area contributed by atoms with Crippen LogP contribution in [0.15, 0.2) is 54.6 Å². The molecule has 28 heavy (non-hydrogen) atoms. The van der Waals surface area contributed by atoms with Crippen molar-refractivity contribution in [2.75, 3.05) is 31.1 Å². The number of carbonyl (C=O) groups is 3. The zero-order valence-corrected chi connectivity index (χ0v) is 15.6. The molecule has 0 radical (unpaired) electrons. The maximum absolute atomic E-state index is 12.9. The lowest BCUT2D eigenvalue weighted by Gasteiger charge is -2.37. The Morgan fingerprint density at radius 2 is 1.71 bits per heavy atom. The smallest absolute Gasteiger partial charge is 0.246 e. The molecule has 0 aliphatic carbocycles. The van der Waals surface area contributed by atoms with E-state index in [0.29, 0.717) is 32.5 Å². The minimum absolute atomic E-state index is 0.0116. The van der Waals surface area contributed by atoms with Gasteiger partial charge in [-0.25, -0.2) is 0 Å². The third-order valence-electron chi connectivity index (χ3n) is 5.43. The number of benzene rings is 2. The lowest BCUT2D eigenvalue weighted by molar-refractivity contribution is -0.141. The summed E-state index contributed by atoms with van der Waals surface area (Å²) in [6, 6.07) is 17.8. The summed E-state index contributed by atoms with van der Waals surface area (Å²) >= 11 is 0. The van der Waals surface area contributed by atoms with Crippen LogP contribution in [0.3, 0.4) is 0 Å². The Morgan fingerprint density at radius 1 is 0.964 bits per heavy atom. The first-order chi connectivity index (χ1) is 13.6. The number of nitrogens with one attached hydrogen (secondary N) is 1. The highest BCUT2D eigenvalue weighted by atomic mass is 16.2. The molecule has 1 N–H and O–H groups in total. The number of hydrogen-bond acceptors (Lipinski definition) is 3. The molecule has 0 bridgehead atoms. The van der Waals surface area contributed by atoms with E-state index in [1.54, 1.807) is 9.80 Å². The zero-order chi connectivity index (χ0) is 19.5. The van der Waals surface area contributed by atoms with Crippen LogP contribution < -0.4 is 10.2 Å². The lowest BCUT2D eigenvalue weighted by atomic mass is 9.97. The monoisotopic (exact) mass is 377 g/mol. The van der Waals surface area contributed by atoms with E-state index in [1.165, 1.54) is 0 Å². The van der Waals surface area contributed by atoms with Crippen LogP contribution in [0.25, 0.3) is 11.1 Å². The topological polar surface area (TPSA) is 69.7 Å². The van der Waals surface area contributed by atoms with Crippen LogP contribution in [0, 0.1) is 5.92 Å². The van der Waals surface area contributed by atoms with Crippen molar-refractivity contribution in [1.29, 1.82) is 0 Å². The van der Waals surface area contributed by atoms with Gasteiger partial charge in [0.25, 0.3) is 0 Å². The summed E-state index contributed by atoms with van der Waals surface area (Å²) in [5.74, 6) is -0.358. The number of piperazine rings is 1. The molecule has 0 aromatic heterocycles. The summed E-state index contributed by atoms with van der Waals surface area (Å²) in [4.78, 5) is 40.3. The number of hydrogen-bond donors (Lipinski definition) is 1. The molecular formula is C22H23N3O3. The maximum Gasteiger partial charge on any atom is 0.246 e. The number of carbonyl (C=O) groups excluding carboxylic acids is 3. The van der Waals surface area contributed by atoms with Gasteiger partial charge in [0.05, 0.1) is 11.6 Å². The van der Waals surface area contributed by atoms with Crippen LogP contribution in [0.4, 0.5) is 5.69 Å². The van der Waals surface area contributed by atoms with Gasteiger partial charge in [-0.2, -0.15) is 0 Å². The fourth-order valence-corrected chi connectivity index (χ4v) is 3.89. The number of piperidine rings is 1. The minimum atomic E-state index is -0.228. The highest BCUT2D eigenvalue weighted by Gasteiger charge is 2.34. The van der Waals surface area contributed by atoms with Gasteiger partial charge in [0.1, 0.15) is 6.54 Å². The Hall–Kier alpha value is -3.15. The van der Waals surface area contributed by atoms with Crippen molar-refractivity contribution < 1.29 is 14.4 Å². The van der Waals surface area contributed by atoms with Crippen LogP contribution >= 0.6 is 0 Å². The summed E-state index contributed by atoms with van der Waals surface area (Å²) in [5, 5.41) is 2.74. The van der Waals surface area contributed by atoms with E-state index in [2.05, 4.69) is 5.32 Å². The fraction of sp³-hybridized carbons (Fsp3) is 0.318. The molecule has 2 heterocycles. The standard InChI is InChI=1S/C22H23N3O3/c26-20-11-10-17(14-23-20)22(28)24-12-13-25(21(27)15-24)19-9-5-4-8-18(19)16-6-2-1-3-7-16/h1-9,17H,10-15H2,(H,23,26). The largest absolute Gasteiger partial charge is 0.355 e. The normalized spacial score (nSPS) is 20.1. The van der Waals surface area contributed by atoms with Crippen molar-refractivity contribution in [1.82, 2.24) is 10.2 Å². The number of para-hydroxylation sites is 1. The molecule has 0 spiro atoms. The summed E-state index contributed by atoms with van der Waals surface area (Å²) in [6.07, 6.45) is 0.921. The number of amides is 3. The van der Waals surface area contributed by atoms with Crippen molar-refractivity contribution in [3.05, 3.63) is 54.6 Å². The molecule has 2 aromatic rings. The average Bonchev–Trinajstić information content (AvgIpc) is 2.74. The van der Waals surface area contributed by atoms with E-state index in [0.717, 1.165) is 16.8 Å². The Labute approximate surface area is 164 Å². The summed E-state index contributed by atoms with van der Waals surface area (Å²) in [5.41, 5.74) is 2.93.